The molecular weight excluding hydrogens is 349 g/mol. The number of primary amides is 1. The van der Waals surface area contributed by atoms with Crippen LogP contribution < -0.4 is 10.6 Å². The van der Waals surface area contributed by atoms with Crippen LogP contribution in [0.5, 0.6) is 0 Å². The minimum atomic E-state index is -0.470. The zero-order valence-corrected chi connectivity index (χ0v) is 14.8. The van der Waals surface area contributed by atoms with E-state index in [1.807, 2.05) is 48.2 Å². The van der Waals surface area contributed by atoms with Crippen LogP contribution in [-0.2, 0) is 4.79 Å². The Hall–Kier alpha value is -2.86. The highest BCUT2D eigenvalue weighted by Gasteiger charge is 2.35. The first-order valence-electron chi connectivity index (χ1n) is 8.12. The number of carbonyl (C=O) groups is 1. The van der Waals surface area contributed by atoms with Gasteiger partial charge in [0.1, 0.15) is 17.0 Å². The van der Waals surface area contributed by atoms with Gasteiger partial charge < -0.3 is 10.6 Å². The van der Waals surface area contributed by atoms with E-state index in [0.717, 1.165) is 28.0 Å². The fourth-order valence-corrected chi connectivity index (χ4v) is 4.37. The van der Waals surface area contributed by atoms with Crippen LogP contribution in [0.15, 0.2) is 71.3 Å². The van der Waals surface area contributed by atoms with E-state index in [9.17, 15) is 9.18 Å². The lowest BCUT2D eigenvalue weighted by molar-refractivity contribution is -0.113. The van der Waals surface area contributed by atoms with Crippen molar-refractivity contribution in [2.24, 2.45) is 5.73 Å². The Bertz CT molecular complexity index is 1030. The third-order valence-electron chi connectivity index (χ3n) is 4.36. The first kappa shape index (κ1) is 16.6. The fourth-order valence-electron chi connectivity index (χ4n) is 3.10. The monoisotopic (exact) mass is 365 g/mol. The lowest BCUT2D eigenvalue weighted by Crippen LogP contribution is -2.22. The van der Waals surface area contributed by atoms with Crippen LogP contribution in [0.2, 0.25) is 0 Å². The topological polar surface area (TPSA) is 59.2 Å². The van der Waals surface area contributed by atoms with Gasteiger partial charge in [-0.3, -0.25) is 4.79 Å². The molecule has 0 saturated carbocycles. The van der Waals surface area contributed by atoms with E-state index in [0.29, 0.717) is 4.91 Å². The number of aromatic nitrogens is 1. The number of pyridine rings is 1. The average Bonchev–Trinajstić information content (AvgIpc) is 2.99. The molecule has 1 unspecified atom stereocenters. The van der Waals surface area contributed by atoms with E-state index < -0.39 is 5.91 Å². The number of fused-ring (bicyclic) bond motifs is 1. The van der Waals surface area contributed by atoms with Crippen molar-refractivity contribution in [3.05, 3.63) is 82.6 Å². The van der Waals surface area contributed by atoms with Crippen molar-refractivity contribution in [2.75, 3.05) is 4.90 Å². The lowest BCUT2D eigenvalue weighted by atomic mass is 10.1. The SMILES string of the molecule is CC1=C(C(N)=O)SC(c2ccc(F)cc2)N1c1ccc2ccccc2n1. The molecule has 1 aliphatic rings. The molecule has 0 saturated heterocycles. The number of hydrogen-bond donors (Lipinski definition) is 1. The summed E-state index contributed by atoms with van der Waals surface area (Å²) in [4.78, 5) is 19.1. The van der Waals surface area contributed by atoms with E-state index >= 15 is 0 Å². The number of halogens is 1. The van der Waals surface area contributed by atoms with Crippen molar-refractivity contribution < 1.29 is 9.18 Å². The molecule has 26 heavy (non-hydrogen) atoms. The lowest BCUT2D eigenvalue weighted by Gasteiger charge is -2.27. The molecule has 4 rings (SSSR count). The zero-order chi connectivity index (χ0) is 18.3. The summed E-state index contributed by atoms with van der Waals surface area (Å²) in [6.45, 7) is 1.85. The van der Waals surface area contributed by atoms with Gasteiger partial charge in [-0.25, -0.2) is 9.37 Å². The molecule has 0 fully saturated rings. The number of carbonyl (C=O) groups excluding carboxylic acids is 1. The van der Waals surface area contributed by atoms with Gasteiger partial charge >= 0.3 is 0 Å². The predicted octanol–water partition coefficient (Wildman–Crippen LogP) is 4.34. The number of nitrogens with two attached hydrogens (primary N) is 1. The van der Waals surface area contributed by atoms with Crippen LogP contribution in [0.4, 0.5) is 10.2 Å². The van der Waals surface area contributed by atoms with Crippen LogP contribution in [-0.4, -0.2) is 10.9 Å². The predicted molar refractivity (Wildman–Crippen MR) is 103 cm³/mol. The van der Waals surface area contributed by atoms with Gasteiger partial charge in [0, 0.05) is 11.1 Å². The molecule has 0 aliphatic carbocycles. The second kappa shape index (κ2) is 6.46. The van der Waals surface area contributed by atoms with Crippen LogP contribution in [0.1, 0.15) is 17.9 Å². The Kier molecular flexibility index (Phi) is 4.12. The van der Waals surface area contributed by atoms with Crippen LogP contribution in [0.3, 0.4) is 0 Å². The summed E-state index contributed by atoms with van der Waals surface area (Å²) in [5.74, 6) is -0.0471. The number of rotatable bonds is 3. The Balaban J connectivity index is 1.84. The Morgan fingerprint density at radius 1 is 1.12 bits per heavy atom. The van der Waals surface area contributed by atoms with Crippen molar-refractivity contribution in [3.8, 4) is 0 Å². The van der Waals surface area contributed by atoms with E-state index in [-0.39, 0.29) is 11.2 Å². The molecular formula is C20H16FN3OS. The van der Waals surface area contributed by atoms with Gasteiger partial charge in [-0.15, -0.1) is 0 Å². The summed E-state index contributed by atoms with van der Waals surface area (Å²) in [5, 5.41) is 0.810. The Labute approximate surface area is 154 Å². The molecule has 2 heterocycles. The highest BCUT2D eigenvalue weighted by Crippen LogP contribution is 2.49. The van der Waals surface area contributed by atoms with Crippen molar-refractivity contribution >= 4 is 34.4 Å². The standard InChI is InChI=1S/C20H16FN3OS/c1-12-18(19(22)25)26-20(14-6-9-15(21)10-7-14)24(12)17-11-8-13-4-2-3-5-16(13)23-17/h2-11,20H,1H3,(H2,22,25). The van der Waals surface area contributed by atoms with Crippen LogP contribution in [0, 0.1) is 5.82 Å². The van der Waals surface area contributed by atoms with Crippen LogP contribution >= 0.6 is 11.8 Å². The maximum atomic E-state index is 13.3. The maximum absolute atomic E-state index is 13.3. The van der Waals surface area contributed by atoms with Crippen LogP contribution in [0.25, 0.3) is 10.9 Å². The molecule has 6 heteroatoms. The van der Waals surface area contributed by atoms with Gasteiger partial charge in [0.15, 0.2) is 0 Å². The maximum Gasteiger partial charge on any atom is 0.256 e. The highest BCUT2D eigenvalue weighted by molar-refractivity contribution is 8.04. The molecule has 130 valence electrons. The third-order valence-corrected chi connectivity index (χ3v) is 5.80. The molecule has 2 N–H and O–H groups in total. The summed E-state index contributed by atoms with van der Waals surface area (Å²) in [6.07, 6.45) is 0. The van der Waals surface area contributed by atoms with Crippen molar-refractivity contribution in [2.45, 2.75) is 12.3 Å². The smallest absolute Gasteiger partial charge is 0.256 e. The Morgan fingerprint density at radius 2 is 1.85 bits per heavy atom. The molecule has 0 bridgehead atoms. The summed E-state index contributed by atoms with van der Waals surface area (Å²) in [6, 6.07) is 18.0. The second-order valence-electron chi connectivity index (χ2n) is 6.03. The minimum Gasteiger partial charge on any atom is -0.365 e. The normalized spacial score (nSPS) is 17.2. The summed E-state index contributed by atoms with van der Waals surface area (Å²) >= 11 is 1.36. The molecule has 1 aliphatic heterocycles. The summed E-state index contributed by atoms with van der Waals surface area (Å²) < 4.78 is 13.3. The van der Waals surface area contributed by atoms with Gasteiger partial charge in [-0.05, 0) is 42.8 Å². The van der Waals surface area contributed by atoms with Crippen molar-refractivity contribution in [1.29, 1.82) is 0 Å². The summed E-state index contributed by atoms with van der Waals surface area (Å²) in [5.41, 5.74) is 8.05. The summed E-state index contributed by atoms with van der Waals surface area (Å²) in [7, 11) is 0. The zero-order valence-electron chi connectivity index (χ0n) is 14.0. The van der Waals surface area contributed by atoms with Gasteiger partial charge in [0.25, 0.3) is 5.91 Å². The number of para-hydroxylation sites is 1. The second-order valence-corrected chi connectivity index (χ2v) is 7.12. The van der Waals surface area contributed by atoms with Crippen molar-refractivity contribution in [3.63, 3.8) is 0 Å². The van der Waals surface area contributed by atoms with Gasteiger partial charge in [-0.1, -0.05) is 42.1 Å². The number of thioether (sulfide) groups is 1. The molecule has 2 aromatic carbocycles. The first-order chi connectivity index (χ1) is 12.5. The molecule has 4 nitrogen and oxygen atoms in total. The fraction of sp³-hybridized carbons (Fsp3) is 0.100. The molecule has 1 atom stereocenters. The quantitative estimate of drug-likeness (QED) is 0.750. The van der Waals surface area contributed by atoms with Gasteiger partial charge in [0.2, 0.25) is 0 Å². The third kappa shape index (κ3) is 2.82. The first-order valence-corrected chi connectivity index (χ1v) is 9.00. The number of anilines is 1. The van der Waals surface area contributed by atoms with E-state index in [1.54, 1.807) is 12.1 Å². The molecule has 0 radical (unpaired) electrons. The largest absolute Gasteiger partial charge is 0.365 e. The number of nitrogens with zero attached hydrogens (tertiary/aromatic N) is 2. The number of allylic oxidation sites excluding steroid dienone is 1. The van der Waals surface area contributed by atoms with Crippen molar-refractivity contribution in [1.82, 2.24) is 4.98 Å². The molecule has 3 aromatic rings. The van der Waals surface area contributed by atoms with E-state index in [4.69, 9.17) is 10.7 Å². The van der Waals surface area contributed by atoms with Gasteiger partial charge in [-0.2, -0.15) is 0 Å². The number of benzene rings is 2. The average molecular weight is 365 g/mol. The van der Waals surface area contributed by atoms with Gasteiger partial charge in [0.05, 0.1) is 10.4 Å². The van der Waals surface area contributed by atoms with E-state index in [1.165, 1.54) is 23.9 Å². The minimum absolute atomic E-state index is 0.230. The molecule has 1 aromatic heterocycles. The highest BCUT2D eigenvalue weighted by atomic mass is 32.2. The number of hydrogen-bond acceptors (Lipinski definition) is 4. The number of amides is 1. The van der Waals surface area contributed by atoms with E-state index in [2.05, 4.69) is 0 Å². The molecule has 0 spiro atoms. The Morgan fingerprint density at radius 3 is 2.58 bits per heavy atom. The molecule has 1 amide bonds.